The number of rotatable bonds is 2. The van der Waals surface area contributed by atoms with Crippen molar-refractivity contribution in [1.29, 1.82) is 0 Å². The number of aliphatic carboxylic acids is 1. The minimum absolute atomic E-state index is 0.207. The van der Waals surface area contributed by atoms with E-state index < -0.39 is 11.6 Å². The summed E-state index contributed by atoms with van der Waals surface area (Å²) in [4.78, 5) is 19.0. The molecule has 0 radical (unpaired) electrons. The first kappa shape index (κ1) is 35.6. The predicted octanol–water partition coefficient (Wildman–Crippen LogP) is 8.82. The van der Waals surface area contributed by atoms with Crippen molar-refractivity contribution in [2.24, 2.45) is 0 Å². The van der Waals surface area contributed by atoms with Crippen molar-refractivity contribution in [3.8, 4) is 39.4 Å². The molecule has 2 aliphatic heterocycles. The Bertz CT molecular complexity index is 1990. The monoisotopic (exact) mass is 680 g/mol. The third kappa shape index (κ3) is 8.32. The first-order valence-electron chi connectivity index (χ1n) is 16.8. The Morgan fingerprint density at radius 2 is 1.67 bits per heavy atom. The molecule has 0 fully saturated rings. The van der Waals surface area contributed by atoms with E-state index in [0.717, 1.165) is 40.9 Å². The molecular weight excluding hydrogens is 636 g/mol. The summed E-state index contributed by atoms with van der Waals surface area (Å²) in [5.74, 6) is -0.233. The first-order valence-corrected chi connectivity index (χ1v) is 17.2. The van der Waals surface area contributed by atoms with Crippen molar-refractivity contribution in [1.82, 2.24) is 14.6 Å². The van der Waals surface area contributed by atoms with Gasteiger partial charge in [0.15, 0.2) is 5.65 Å². The van der Waals surface area contributed by atoms with Crippen LogP contribution in [0, 0.1) is 6.92 Å². The lowest BCUT2D eigenvalue weighted by Crippen LogP contribution is -2.33. The second-order valence-electron chi connectivity index (χ2n) is 12.9. The molecule has 2 aromatic heterocycles. The van der Waals surface area contributed by atoms with E-state index in [4.69, 9.17) is 31.5 Å². The number of aryl methyl sites for hydroxylation is 2. The van der Waals surface area contributed by atoms with E-state index in [2.05, 4.69) is 53.5 Å². The number of hydrogen-bond acceptors (Lipinski definition) is 6. The second kappa shape index (κ2) is 15.3. The molecule has 0 spiro atoms. The fourth-order valence-corrected chi connectivity index (χ4v) is 6.33. The molecular formula is C40H45ClN4O4. The highest BCUT2D eigenvalue weighted by Gasteiger charge is 2.27. The van der Waals surface area contributed by atoms with E-state index in [-0.39, 0.29) is 6.42 Å². The zero-order valence-electron chi connectivity index (χ0n) is 29.1. The number of aliphatic hydroxyl groups is 1. The van der Waals surface area contributed by atoms with Gasteiger partial charge in [-0.2, -0.15) is 5.10 Å². The Hall–Kier alpha value is -4.66. The maximum Gasteiger partial charge on any atom is 0.307 e. The molecule has 8 bridgehead atoms. The maximum absolute atomic E-state index is 12.0. The second-order valence-corrected chi connectivity index (χ2v) is 13.3. The molecule has 0 saturated heterocycles. The topological polar surface area (TPSA) is 100 Å². The van der Waals surface area contributed by atoms with Crippen LogP contribution in [0.1, 0.15) is 57.9 Å². The molecule has 4 heterocycles. The van der Waals surface area contributed by atoms with E-state index in [1.165, 1.54) is 5.56 Å². The van der Waals surface area contributed by atoms with E-state index in [9.17, 15) is 9.90 Å². The number of benzene rings is 3. The molecule has 8 nitrogen and oxygen atoms in total. The van der Waals surface area contributed by atoms with Gasteiger partial charge in [0.25, 0.3) is 0 Å². The molecule has 3 aromatic carbocycles. The van der Waals surface area contributed by atoms with Crippen LogP contribution in [0.5, 0.6) is 5.75 Å². The van der Waals surface area contributed by atoms with E-state index in [1.807, 2.05) is 51.1 Å². The van der Waals surface area contributed by atoms with E-state index in [0.29, 0.717) is 58.6 Å². The Morgan fingerprint density at radius 3 is 2.41 bits per heavy atom. The fourth-order valence-electron chi connectivity index (χ4n) is 5.97. The van der Waals surface area contributed by atoms with Gasteiger partial charge in [0.1, 0.15) is 12.4 Å². The van der Waals surface area contributed by atoms with Crippen molar-refractivity contribution in [2.75, 3.05) is 24.6 Å². The molecule has 7 rings (SSSR count). The van der Waals surface area contributed by atoms with E-state index in [1.54, 1.807) is 25.3 Å². The lowest BCUT2D eigenvalue weighted by molar-refractivity contribution is -0.136. The Labute approximate surface area is 293 Å². The third-order valence-electron chi connectivity index (χ3n) is 8.02. The van der Waals surface area contributed by atoms with Crippen LogP contribution in [0.2, 0.25) is 5.02 Å². The summed E-state index contributed by atoms with van der Waals surface area (Å²) in [5.41, 5.74) is 8.69. The largest absolute Gasteiger partial charge is 0.490 e. The van der Waals surface area contributed by atoms with Gasteiger partial charge in [0.05, 0.1) is 40.7 Å². The molecule has 256 valence electrons. The molecule has 49 heavy (non-hydrogen) atoms. The quantitative estimate of drug-likeness (QED) is 0.180. The highest BCUT2D eigenvalue weighted by molar-refractivity contribution is 6.36. The molecule has 0 saturated carbocycles. The van der Waals surface area contributed by atoms with Gasteiger partial charge in [-0.3, -0.25) is 4.79 Å². The van der Waals surface area contributed by atoms with Crippen LogP contribution >= 0.6 is 11.6 Å². The van der Waals surface area contributed by atoms with Gasteiger partial charge >= 0.3 is 5.97 Å². The Morgan fingerprint density at radius 1 is 0.980 bits per heavy atom. The molecule has 2 aliphatic rings. The standard InChI is InChI=1S/C34H29ClN4O3.C4H10O.C2H6/c1-21-27(19-31(40)41)33-26-12-13-29-34(32(26)35)38(15-16-42-29)14-4-2-3-7-22-8-5-9-23(17-22)24-10-6-11-25(18-24)28-20-30(36-21)39(33)37-28;1-4(2,3)5;1-2/h2,4-6,8-13,17-18,20H,3,7,14-16,19H2,1H3,(H,40,41);5H,1-3H3;1-2H3/b4-2+;;. The van der Waals surface area contributed by atoms with Crippen LogP contribution in [0.15, 0.2) is 78.9 Å². The maximum atomic E-state index is 12.0. The summed E-state index contributed by atoms with van der Waals surface area (Å²) in [6, 6.07) is 22.8. The van der Waals surface area contributed by atoms with Gasteiger partial charge < -0.3 is 19.8 Å². The van der Waals surface area contributed by atoms with Gasteiger partial charge in [-0.25, -0.2) is 9.50 Å². The number of fused-ring (bicyclic) bond motifs is 9. The smallest absolute Gasteiger partial charge is 0.307 e. The number of carboxylic acids is 1. The molecule has 5 aromatic rings. The SMILES string of the molecule is CC.CC(C)(C)O.Cc1nc2cc3nn2c(c1CC(=O)O)-c1ccc2c(c1Cl)N(C/C=C/CCc1cccc(c1)-c1cccc-3c1)CCO2. The minimum Gasteiger partial charge on any atom is -0.490 e. The number of nitrogens with zero attached hydrogens (tertiary/aromatic N) is 4. The van der Waals surface area contributed by atoms with Crippen LogP contribution in [-0.2, 0) is 17.6 Å². The number of aromatic nitrogens is 3. The molecule has 0 aliphatic carbocycles. The summed E-state index contributed by atoms with van der Waals surface area (Å²) in [7, 11) is 0. The highest BCUT2D eigenvalue weighted by atomic mass is 35.5. The van der Waals surface area contributed by atoms with Crippen molar-refractivity contribution in [2.45, 2.75) is 66.4 Å². The zero-order chi connectivity index (χ0) is 35.3. The highest BCUT2D eigenvalue weighted by Crippen LogP contribution is 2.45. The van der Waals surface area contributed by atoms with Crippen LogP contribution in [0.25, 0.3) is 39.3 Å². The number of ether oxygens (including phenoxy) is 1. The van der Waals surface area contributed by atoms with Crippen LogP contribution in [0.3, 0.4) is 0 Å². The number of carbonyl (C=O) groups is 1. The summed E-state index contributed by atoms with van der Waals surface area (Å²) in [5, 5.41) is 23.9. The number of hydrogen-bond donors (Lipinski definition) is 2. The lowest BCUT2D eigenvalue weighted by Gasteiger charge is -2.32. The minimum atomic E-state index is -0.947. The van der Waals surface area contributed by atoms with Crippen LogP contribution < -0.4 is 9.64 Å². The summed E-state index contributed by atoms with van der Waals surface area (Å²) < 4.78 is 7.74. The summed E-state index contributed by atoms with van der Waals surface area (Å²) >= 11 is 7.22. The van der Waals surface area contributed by atoms with Gasteiger partial charge in [0, 0.05) is 35.0 Å². The van der Waals surface area contributed by atoms with Crippen molar-refractivity contribution in [3.63, 3.8) is 0 Å². The van der Waals surface area contributed by atoms with Crippen molar-refractivity contribution in [3.05, 3.63) is 101 Å². The predicted molar refractivity (Wildman–Crippen MR) is 199 cm³/mol. The van der Waals surface area contributed by atoms with Gasteiger partial charge in [-0.15, -0.1) is 0 Å². The number of anilines is 1. The van der Waals surface area contributed by atoms with Gasteiger partial charge in [-0.1, -0.05) is 80.1 Å². The average molecular weight is 681 g/mol. The number of halogens is 1. The number of carboxylic acid groups (broad SMARTS) is 1. The van der Waals surface area contributed by atoms with Crippen molar-refractivity contribution >= 4 is 28.9 Å². The summed E-state index contributed by atoms with van der Waals surface area (Å²) in [6.45, 7) is 13.0. The normalized spacial score (nSPS) is 14.2. The molecule has 0 unspecified atom stereocenters. The first-order chi connectivity index (χ1) is 23.5. The molecule has 2 N–H and O–H groups in total. The van der Waals surface area contributed by atoms with Crippen LogP contribution in [-0.4, -0.2) is 56.1 Å². The van der Waals surface area contributed by atoms with Gasteiger partial charge in [-0.05, 0) is 75.4 Å². The molecule has 9 heteroatoms. The molecule has 0 atom stereocenters. The third-order valence-corrected chi connectivity index (χ3v) is 8.40. The van der Waals surface area contributed by atoms with Crippen LogP contribution in [0.4, 0.5) is 5.69 Å². The fraction of sp³-hybridized carbons (Fsp3) is 0.325. The van der Waals surface area contributed by atoms with E-state index >= 15 is 0 Å². The summed E-state index contributed by atoms with van der Waals surface area (Å²) in [6.07, 6.45) is 6.07. The zero-order valence-corrected chi connectivity index (χ0v) is 29.9. The van der Waals surface area contributed by atoms with Crippen molar-refractivity contribution < 1.29 is 19.7 Å². The Balaban J connectivity index is 0.000000616. The lowest BCUT2D eigenvalue weighted by atomic mass is 9.98. The number of allylic oxidation sites excluding steroid dienone is 1. The molecule has 0 amide bonds. The average Bonchev–Trinajstić information content (AvgIpc) is 3.49. The Kier molecular flexibility index (Phi) is 11.1. The van der Waals surface area contributed by atoms with Gasteiger partial charge in [0.2, 0.25) is 0 Å².